The van der Waals surface area contributed by atoms with E-state index in [1.165, 1.54) is 25.7 Å². The maximum Gasteiger partial charge on any atom is 1.00 e. The molecule has 1 N–H and O–H groups in total. The zero-order valence-corrected chi connectivity index (χ0v) is 30.7. The van der Waals surface area contributed by atoms with Crippen molar-refractivity contribution in [1.82, 2.24) is 0 Å². The van der Waals surface area contributed by atoms with E-state index in [0.29, 0.717) is 19.3 Å². The maximum atomic E-state index is 12.0. The molecule has 0 fully saturated rings. The van der Waals surface area contributed by atoms with Crippen LogP contribution in [-0.4, -0.2) is 42.9 Å². The van der Waals surface area contributed by atoms with Crippen molar-refractivity contribution in [2.75, 3.05) is 13.2 Å². The number of rotatable bonds is 24. The SMILES string of the molecule is CCCCCCCCC(C(=O)[O-])C(CCCCCCCC)(C(=O)[O-])S(=O)(=O)O.CCCCOCCCC.[Na+].[Na+]. The van der Waals surface area contributed by atoms with Crippen LogP contribution in [0.3, 0.4) is 0 Å². The number of aliphatic carboxylic acids is 2. The Labute approximate surface area is 283 Å². The van der Waals surface area contributed by atoms with Crippen molar-refractivity contribution in [3.05, 3.63) is 0 Å². The molecule has 8 nitrogen and oxygen atoms in total. The summed E-state index contributed by atoms with van der Waals surface area (Å²) in [5, 5.41) is 23.5. The van der Waals surface area contributed by atoms with E-state index < -0.39 is 39.1 Å². The Morgan fingerprint density at radius 1 is 0.692 bits per heavy atom. The first-order chi connectivity index (χ1) is 17.6. The van der Waals surface area contributed by atoms with Crippen molar-refractivity contribution in [2.24, 2.45) is 5.92 Å². The summed E-state index contributed by atoms with van der Waals surface area (Å²) in [6.07, 6.45) is 13.7. The summed E-state index contributed by atoms with van der Waals surface area (Å²) < 4.78 is 36.2. The smallest absolute Gasteiger partial charge is 0.550 e. The average molecular weight is 597 g/mol. The van der Waals surface area contributed by atoms with E-state index in [-0.39, 0.29) is 72.0 Å². The number of hydrogen-bond donors (Lipinski definition) is 1. The van der Waals surface area contributed by atoms with Gasteiger partial charge >= 0.3 is 59.1 Å². The van der Waals surface area contributed by atoms with Gasteiger partial charge in [-0.05, 0) is 25.7 Å². The fourth-order valence-corrected chi connectivity index (χ4v) is 5.45. The Bertz CT molecular complexity index is 670. The van der Waals surface area contributed by atoms with Crippen molar-refractivity contribution in [1.29, 1.82) is 0 Å². The van der Waals surface area contributed by atoms with Crippen LogP contribution >= 0.6 is 0 Å². The first-order valence-corrected chi connectivity index (χ1v) is 16.0. The molecule has 0 aliphatic rings. The van der Waals surface area contributed by atoms with Crippen LogP contribution in [0.2, 0.25) is 0 Å². The Morgan fingerprint density at radius 3 is 1.44 bits per heavy atom. The van der Waals surface area contributed by atoms with Crippen LogP contribution in [0.1, 0.15) is 143 Å². The van der Waals surface area contributed by atoms with Crippen LogP contribution < -0.4 is 69.3 Å². The molecule has 0 aromatic heterocycles. The minimum atomic E-state index is -5.20. The Kier molecular flexibility index (Phi) is 36.3. The van der Waals surface area contributed by atoms with Crippen molar-refractivity contribution in [3.8, 4) is 0 Å². The van der Waals surface area contributed by atoms with Gasteiger partial charge in [0.05, 0.1) is 5.97 Å². The van der Waals surface area contributed by atoms with E-state index in [9.17, 15) is 32.8 Å². The van der Waals surface area contributed by atoms with Gasteiger partial charge < -0.3 is 24.5 Å². The molecule has 2 unspecified atom stereocenters. The summed E-state index contributed by atoms with van der Waals surface area (Å²) in [4.78, 5) is 23.5. The largest absolute Gasteiger partial charge is 1.00 e. The van der Waals surface area contributed by atoms with Gasteiger partial charge in [-0.1, -0.05) is 118 Å². The Hall–Kier alpha value is 0.810. The first-order valence-electron chi connectivity index (χ1n) is 14.5. The molecular weight excluding hydrogens is 542 g/mol. The van der Waals surface area contributed by atoms with Crippen molar-refractivity contribution < 1.29 is 96.6 Å². The monoisotopic (exact) mass is 596 g/mol. The van der Waals surface area contributed by atoms with Gasteiger partial charge in [0, 0.05) is 25.1 Å². The number of carboxylic acids is 2. The Morgan fingerprint density at radius 2 is 1.08 bits per heavy atom. The molecule has 0 rings (SSSR count). The topological polar surface area (TPSA) is 144 Å². The molecule has 0 spiro atoms. The number of carbonyl (C=O) groups is 2. The van der Waals surface area contributed by atoms with Gasteiger partial charge in [0.25, 0.3) is 10.1 Å². The molecule has 0 aliphatic heterocycles. The summed E-state index contributed by atoms with van der Waals surface area (Å²) in [6, 6.07) is 0. The van der Waals surface area contributed by atoms with Gasteiger partial charge in [-0.25, -0.2) is 0 Å². The summed E-state index contributed by atoms with van der Waals surface area (Å²) in [7, 11) is -5.20. The minimum absolute atomic E-state index is 0. The number of carboxylic acid groups (broad SMARTS) is 2. The molecule has 0 saturated carbocycles. The van der Waals surface area contributed by atoms with Crippen molar-refractivity contribution in [3.63, 3.8) is 0 Å². The maximum absolute atomic E-state index is 12.0. The number of ether oxygens (including phenoxy) is 1. The summed E-state index contributed by atoms with van der Waals surface area (Å²) in [6.45, 7) is 10.4. The molecule has 39 heavy (non-hydrogen) atoms. The van der Waals surface area contributed by atoms with E-state index >= 15 is 0 Å². The number of carbonyl (C=O) groups excluding carboxylic acids is 2. The number of hydrogen-bond acceptors (Lipinski definition) is 7. The van der Waals surface area contributed by atoms with Crippen LogP contribution in [0.4, 0.5) is 0 Å². The van der Waals surface area contributed by atoms with Gasteiger partial charge in [-0.2, -0.15) is 8.42 Å². The molecule has 0 aromatic carbocycles. The molecule has 0 bridgehead atoms. The third kappa shape index (κ3) is 22.1. The van der Waals surface area contributed by atoms with Gasteiger partial charge in [0.1, 0.15) is 4.75 Å². The second-order valence-corrected chi connectivity index (χ2v) is 11.6. The normalized spacial score (nSPS) is 13.2. The molecule has 0 amide bonds. The quantitative estimate of drug-likeness (QED) is 0.0835. The van der Waals surface area contributed by atoms with E-state index in [1.54, 1.807) is 0 Å². The van der Waals surface area contributed by atoms with Gasteiger partial charge in [-0.3, -0.25) is 4.55 Å². The molecule has 0 saturated heterocycles. The van der Waals surface area contributed by atoms with E-state index in [4.69, 9.17) is 4.74 Å². The van der Waals surface area contributed by atoms with Crippen LogP contribution in [0.5, 0.6) is 0 Å². The molecule has 0 heterocycles. The summed E-state index contributed by atoms with van der Waals surface area (Å²) in [5.74, 6) is -5.68. The second kappa shape index (κ2) is 30.3. The van der Waals surface area contributed by atoms with E-state index in [1.807, 2.05) is 6.92 Å². The van der Waals surface area contributed by atoms with Crippen LogP contribution in [-0.2, 0) is 24.4 Å². The molecule has 2 atom stereocenters. The van der Waals surface area contributed by atoms with Gasteiger partial charge in [-0.15, -0.1) is 0 Å². The molecule has 0 radical (unpaired) electrons. The fourth-order valence-electron chi connectivity index (χ4n) is 4.27. The van der Waals surface area contributed by atoms with E-state index in [0.717, 1.165) is 64.6 Å². The van der Waals surface area contributed by atoms with Crippen LogP contribution in [0, 0.1) is 5.92 Å². The Balaban J connectivity index is -0.000000476. The van der Waals surface area contributed by atoms with Gasteiger partial charge in [0.2, 0.25) is 0 Å². The summed E-state index contributed by atoms with van der Waals surface area (Å²) >= 11 is 0. The predicted octanol–water partition coefficient (Wildman–Crippen LogP) is -1.16. The third-order valence-electron chi connectivity index (χ3n) is 6.69. The standard InChI is InChI=1S/C20H38O7S.C8H18O.2Na/c1-3-5-7-9-11-13-15-17(18(21)22)20(19(23)24,28(25,26)27)16-14-12-10-8-6-4-2;1-3-5-7-9-8-6-4-2;;/h17H,3-16H2,1-2H3,(H,21,22)(H,23,24)(H,25,26,27);3-8H2,1-2H3;;/q;;2*+1/p-2. The molecule has 222 valence electrons. The zero-order valence-electron chi connectivity index (χ0n) is 25.9. The van der Waals surface area contributed by atoms with Crippen LogP contribution in [0.15, 0.2) is 0 Å². The van der Waals surface area contributed by atoms with Crippen molar-refractivity contribution in [2.45, 2.75) is 148 Å². The second-order valence-electron chi connectivity index (χ2n) is 9.92. The number of unbranched alkanes of at least 4 members (excludes halogenated alkanes) is 12. The average Bonchev–Trinajstić information content (AvgIpc) is 2.83. The minimum Gasteiger partial charge on any atom is -0.550 e. The van der Waals surface area contributed by atoms with Crippen molar-refractivity contribution >= 4 is 22.1 Å². The van der Waals surface area contributed by atoms with Crippen LogP contribution in [0.25, 0.3) is 0 Å². The van der Waals surface area contributed by atoms with Gasteiger partial charge in [0.15, 0.2) is 0 Å². The molecule has 11 heteroatoms. The predicted molar refractivity (Wildman–Crippen MR) is 144 cm³/mol. The molecule has 0 aliphatic carbocycles. The van der Waals surface area contributed by atoms with E-state index in [2.05, 4.69) is 20.8 Å². The molecular formula is C28H54Na2O8S. The summed E-state index contributed by atoms with van der Waals surface area (Å²) in [5.41, 5.74) is 0. The molecule has 0 aromatic rings. The first kappa shape index (κ1) is 46.8. The zero-order chi connectivity index (χ0) is 28.6. The third-order valence-corrected chi connectivity index (χ3v) is 8.26. The fraction of sp³-hybridized carbons (Fsp3) is 0.929.